The fraction of sp³-hybridized carbons (Fsp3) is 0.947. The van der Waals surface area contributed by atoms with E-state index in [1.807, 2.05) is 25.5 Å². The zero-order valence-electron chi connectivity index (χ0n) is 17.9. The van der Waals surface area contributed by atoms with Crippen molar-refractivity contribution in [2.24, 2.45) is 0 Å². The van der Waals surface area contributed by atoms with Gasteiger partial charge in [0.05, 0.1) is 0 Å². The molecule has 27 heavy (non-hydrogen) atoms. The molecule has 0 spiro atoms. The van der Waals surface area contributed by atoms with E-state index in [-0.39, 0.29) is 0 Å². The number of nitrogens with zero attached hydrogens (tertiary/aromatic N) is 4. The Morgan fingerprint density at radius 2 is 1.37 bits per heavy atom. The second-order valence-electron chi connectivity index (χ2n) is 6.78. The Morgan fingerprint density at radius 1 is 0.778 bits per heavy atom. The summed E-state index contributed by atoms with van der Waals surface area (Å²) in [6.07, 6.45) is 10.9. The fourth-order valence-corrected chi connectivity index (χ4v) is 5.86. The van der Waals surface area contributed by atoms with Crippen LogP contribution in [0.25, 0.3) is 0 Å². The number of hydrogen-bond acceptors (Lipinski definition) is 6. The van der Waals surface area contributed by atoms with Crippen molar-refractivity contribution in [2.45, 2.75) is 98.1 Å². The van der Waals surface area contributed by atoms with Crippen molar-refractivity contribution < 1.29 is 13.3 Å². The molecule has 0 unspecified atom stereocenters. The molecule has 8 heteroatoms. The summed E-state index contributed by atoms with van der Waals surface area (Å²) in [5, 5.41) is 12.2. The van der Waals surface area contributed by atoms with E-state index in [0.717, 1.165) is 37.7 Å². The van der Waals surface area contributed by atoms with Gasteiger partial charge in [-0.15, -0.1) is 5.10 Å². The molecule has 1 aromatic rings. The number of aromatic nitrogens is 4. The monoisotopic (exact) mass is 400 g/mol. The van der Waals surface area contributed by atoms with Crippen LogP contribution in [-0.4, -0.2) is 48.8 Å². The smallest absolute Gasteiger partial charge is 0.374 e. The second kappa shape index (κ2) is 15.1. The minimum absolute atomic E-state index is 0.612. The van der Waals surface area contributed by atoms with Crippen LogP contribution in [0.15, 0.2) is 0 Å². The normalized spacial score (nSPS) is 12.0. The summed E-state index contributed by atoms with van der Waals surface area (Å²) in [4.78, 5) is 0. The van der Waals surface area contributed by atoms with Crippen molar-refractivity contribution in [1.82, 2.24) is 20.2 Å². The van der Waals surface area contributed by atoms with Gasteiger partial charge in [0.1, 0.15) is 0 Å². The van der Waals surface area contributed by atoms with Gasteiger partial charge in [0, 0.05) is 38.8 Å². The Balaban J connectivity index is 2.38. The van der Waals surface area contributed by atoms with E-state index in [4.69, 9.17) is 13.3 Å². The van der Waals surface area contributed by atoms with E-state index in [1.165, 1.54) is 38.5 Å². The Morgan fingerprint density at radius 3 is 1.96 bits per heavy atom. The van der Waals surface area contributed by atoms with Gasteiger partial charge in [0.25, 0.3) is 0 Å². The summed E-state index contributed by atoms with van der Waals surface area (Å²) in [7, 11) is -2.58. The highest BCUT2D eigenvalue weighted by molar-refractivity contribution is 6.60. The molecule has 0 amide bonds. The van der Waals surface area contributed by atoms with Crippen LogP contribution < -0.4 is 0 Å². The van der Waals surface area contributed by atoms with Gasteiger partial charge >= 0.3 is 8.80 Å². The maximum absolute atomic E-state index is 5.91. The Labute approximate surface area is 166 Å². The first-order valence-corrected chi connectivity index (χ1v) is 12.8. The van der Waals surface area contributed by atoms with E-state index in [0.29, 0.717) is 19.8 Å². The molecule has 158 valence electrons. The van der Waals surface area contributed by atoms with Gasteiger partial charge in [-0.25, -0.2) is 4.68 Å². The van der Waals surface area contributed by atoms with Gasteiger partial charge in [-0.05, 0) is 44.0 Å². The van der Waals surface area contributed by atoms with Crippen LogP contribution in [0.1, 0.15) is 84.9 Å². The summed E-state index contributed by atoms with van der Waals surface area (Å²) < 4.78 is 19.7. The van der Waals surface area contributed by atoms with E-state index in [2.05, 4.69) is 22.4 Å². The van der Waals surface area contributed by atoms with Gasteiger partial charge in [-0.1, -0.05) is 45.4 Å². The highest BCUT2D eigenvalue weighted by atomic mass is 28.4. The first-order chi connectivity index (χ1) is 13.2. The topological polar surface area (TPSA) is 71.3 Å². The molecule has 0 bridgehead atoms. The first-order valence-electron chi connectivity index (χ1n) is 10.9. The van der Waals surface area contributed by atoms with Crippen LogP contribution in [0.5, 0.6) is 0 Å². The third kappa shape index (κ3) is 9.78. The van der Waals surface area contributed by atoms with Crippen molar-refractivity contribution in [3.05, 3.63) is 5.82 Å². The zero-order valence-corrected chi connectivity index (χ0v) is 18.9. The average molecular weight is 401 g/mol. The van der Waals surface area contributed by atoms with Gasteiger partial charge in [-0.2, -0.15) is 0 Å². The number of rotatable bonds is 18. The van der Waals surface area contributed by atoms with Crippen LogP contribution >= 0.6 is 0 Å². The standard InChI is InChI=1S/C19H40N4O3Si/c1-5-9-10-11-12-13-14-16-19-20-21-22-23(19)17-15-18-27(24-6-2,25-7-3)26-8-4/h5-18H2,1-4H3. The molecule has 0 aliphatic carbocycles. The number of hydrogen-bond donors (Lipinski definition) is 0. The lowest BCUT2D eigenvalue weighted by molar-refractivity contribution is 0.0704. The fourth-order valence-electron chi connectivity index (χ4n) is 3.26. The van der Waals surface area contributed by atoms with Crippen molar-refractivity contribution >= 4 is 8.80 Å². The number of unbranched alkanes of at least 4 members (excludes halogenated alkanes) is 6. The van der Waals surface area contributed by atoms with Crippen molar-refractivity contribution in [1.29, 1.82) is 0 Å². The van der Waals surface area contributed by atoms with Gasteiger partial charge < -0.3 is 13.3 Å². The molecule has 0 aliphatic heterocycles. The zero-order chi connectivity index (χ0) is 19.8. The molecule has 0 radical (unpaired) electrons. The van der Waals surface area contributed by atoms with Gasteiger partial charge in [0.15, 0.2) is 5.82 Å². The average Bonchev–Trinajstić information content (AvgIpc) is 3.09. The van der Waals surface area contributed by atoms with Crippen molar-refractivity contribution in [2.75, 3.05) is 19.8 Å². The molecule has 0 N–H and O–H groups in total. The molecule has 0 aromatic carbocycles. The highest BCUT2D eigenvalue weighted by Crippen LogP contribution is 2.19. The maximum atomic E-state index is 5.91. The van der Waals surface area contributed by atoms with Crippen LogP contribution in [-0.2, 0) is 26.2 Å². The molecule has 0 saturated heterocycles. The second-order valence-corrected chi connectivity index (χ2v) is 9.51. The highest BCUT2D eigenvalue weighted by Gasteiger charge is 2.39. The van der Waals surface area contributed by atoms with E-state index >= 15 is 0 Å². The van der Waals surface area contributed by atoms with Gasteiger partial charge in [-0.3, -0.25) is 0 Å². The van der Waals surface area contributed by atoms with Gasteiger partial charge in [0.2, 0.25) is 0 Å². The third-order valence-electron chi connectivity index (χ3n) is 4.56. The van der Waals surface area contributed by atoms with Crippen molar-refractivity contribution in [3.8, 4) is 0 Å². The minimum Gasteiger partial charge on any atom is -0.374 e. The Kier molecular flexibility index (Phi) is 13.6. The van der Waals surface area contributed by atoms with E-state index < -0.39 is 8.80 Å². The summed E-state index contributed by atoms with van der Waals surface area (Å²) in [6.45, 7) is 10.8. The third-order valence-corrected chi connectivity index (χ3v) is 7.71. The maximum Gasteiger partial charge on any atom is 0.500 e. The molecule has 7 nitrogen and oxygen atoms in total. The largest absolute Gasteiger partial charge is 0.500 e. The Bertz CT molecular complexity index is 457. The molecule has 0 fully saturated rings. The summed E-state index contributed by atoms with van der Waals surface area (Å²) in [5.74, 6) is 0.986. The number of aryl methyl sites for hydroxylation is 2. The Hall–Kier alpha value is -0.833. The quantitative estimate of drug-likeness (QED) is 0.268. The molecular weight excluding hydrogens is 360 g/mol. The van der Waals surface area contributed by atoms with Crippen LogP contribution in [0.4, 0.5) is 0 Å². The lowest BCUT2D eigenvalue weighted by atomic mass is 10.1. The molecule has 0 atom stereocenters. The molecule has 1 aromatic heterocycles. The van der Waals surface area contributed by atoms with Crippen LogP contribution in [0.2, 0.25) is 6.04 Å². The van der Waals surface area contributed by atoms with Crippen molar-refractivity contribution in [3.63, 3.8) is 0 Å². The predicted octanol–water partition coefficient (Wildman–Crippen LogP) is 4.40. The minimum atomic E-state index is -2.58. The molecule has 0 saturated carbocycles. The predicted molar refractivity (Wildman–Crippen MR) is 110 cm³/mol. The molecule has 0 aliphatic rings. The first kappa shape index (κ1) is 24.2. The molecule has 1 rings (SSSR count). The van der Waals surface area contributed by atoms with E-state index in [9.17, 15) is 0 Å². The lowest BCUT2D eigenvalue weighted by Crippen LogP contribution is -2.46. The van der Waals surface area contributed by atoms with Crippen LogP contribution in [0.3, 0.4) is 0 Å². The lowest BCUT2D eigenvalue weighted by Gasteiger charge is -2.28. The molecule has 1 heterocycles. The van der Waals surface area contributed by atoms with Crippen LogP contribution in [0, 0.1) is 0 Å². The molecular formula is C19H40N4O3Si. The summed E-state index contributed by atoms with van der Waals surface area (Å²) >= 11 is 0. The summed E-state index contributed by atoms with van der Waals surface area (Å²) in [6, 6.07) is 0.791. The number of tetrazole rings is 1. The SMILES string of the molecule is CCCCCCCCCc1nnnn1CCC[Si](OCC)(OCC)OCC. The summed E-state index contributed by atoms with van der Waals surface area (Å²) in [5.41, 5.74) is 0. The van der Waals surface area contributed by atoms with E-state index in [1.54, 1.807) is 0 Å².